The summed E-state index contributed by atoms with van der Waals surface area (Å²) >= 11 is 0. The zero-order chi connectivity index (χ0) is 16.9. The third-order valence-corrected chi connectivity index (χ3v) is 3.23. The number of hydrogen-bond donors (Lipinski definition) is 1. The number of halogens is 9. The highest BCUT2D eigenvalue weighted by atomic mass is 19.5. The van der Waals surface area contributed by atoms with Crippen LogP contribution in [0.15, 0.2) is 0 Å². The van der Waals surface area contributed by atoms with Crippen LogP contribution in [-0.2, 0) is 0 Å². The lowest BCUT2D eigenvalue weighted by molar-refractivity contribution is -1.15. The molecule has 0 atom stereocenters. The highest BCUT2D eigenvalue weighted by Gasteiger charge is 2.50. The molecule has 0 unspecified atom stereocenters. The Morgan fingerprint density at radius 2 is 0.905 bits per heavy atom. The Hall–Kier alpha value is -0.620. The van der Waals surface area contributed by atoms with Gasteiger partial charge in [0, 0.05) is 0 Å². The Balaban J connectivity index is 0.000000340. The minimum absolute atomic E-state index is 0.194. The highest BCUT2D eigenvalue weighted by Crippen LogP contribution is 2.25. The first-order valence-corrected chi connectivity index (χ1v) is 5.94. The van der Waals surface area contributed by atoms with Gasteiger partial charge in [-0.05, 0) is 4.48 Å². The van der Waals surface area contributed by atoms with E-state index < -0.39 is 14.5 Å². The van der Waals surface area contributed by atoms with E-state index in [9.17, 15) is 39.0 Å². The van der Waals surface area contributed by atoms with Gasteiger partial charge < -0.3 is 39.6 Å². The molecule has 0 aromatic carbocycles. The van der Waals surface area contributed by atoms with Crippen LogP contribution in [0.1, 0.15) is 0 Å². The molecule has 128 valence electrons. The fourth-order valence-corrected chi connectivity index (χ4v) is 2.06. The molecule has 0 aliphatic carbocycles. The predicted molar refractivity (Wildman–Crippen MR) is 58.3 cm³/mol. The predicted octanol–water partition coefficient (Wildman–Crippen LogP) is 2.08. The van der Waals surface area contributed by atoms with Crippen molar-refractivity contribution in [3.05, 3.63) is 0 Å². The maximum absolute atomic E-state index is 13.5. The second-order valence-electron chi connectivity index (χ2n) is 4.84. The lowest BCUT2D eigenvalue weighted by Crippen LogP contribution is -2.72. The van der Waals surface area contributed by atoms with Gasteiger partial charge in [0.2, 0.25) is 0 Å². The first-order chi connectivity index (χ1) is 9.18. The minimum Gasteiger partial charge on any atom is -0.418 e. The van der Waals surface area contributed by atoms with E-state index in [1.54, 1.807) is 0 Å². The van der Waals surface area contributed by atoms with E-state index in [2.05, 4.69) is 0 Å². The molecule has 0 amide bonds. The average Bonchev–Trinajstić information content (AvgIpc) is 2.26. The number of nitrogens with zero attached hydrogens (tertiary/aromatic N) is 2. The third kappa shape index (κ3) is 10.7. The number of quaternary nitrogens is 2. The molecule has 3 fully saturated rings. The van der Waals surface area contributed by atoms with Gasteiger partial charge >= 0.3 is 14.5 Å². The number of piperazine rings is 3. The molecular weight excluding hydrogens is 321 g/mol. The fraction of sp³-hybridized carbons (Fsp3) is 1.00. The smallest absolute Gasteiger partial charge is 0.418 e. The summed E-state index contributed by atoms with van der Waals surface area (Å²) in [5.41, 5.74) is 0. The second kappa shape index (κ2) is 7.09. The Bertz CT molecular complexity index is 276. The van der Waals surface area contributed by atoms with Gasteiger partial charge in [0.15, 0.2) is 26.4 Å². The number of rotatable bonds is 1. The molecule has 0 spiro atoms. The molecule has 0 saturated carbocycles. The molecule has 1 N–H and O–H groups in total. The number of aliphatic hydroxyl groups is 1. The van der Waals surface area contributed by atoms with Crippen LogP contribution < -0.4 is 0 Å². The normalized spacial score (nSPS) is 31.7. The summed E-state index contributed by atoms with van der Waals surface area (Å²) in [6.07, 6.45) is 0. The van der Waals surface area contributed by atoms with Gasteiger partial charge in [-0.3, -0.25) is 4.48 Å². The molecule has 0 aromatic heterocycles. The number of aliphatic hydroxyl groups excluding tert-OH is 1. The van der Waals surface area contributed by atoms with E-state index in [1.165, 1.54) is 0 Å². The Morgan fingerprint density at radius 1 is 0.667 bits per heavy atom. The Kier molecular flexibility index (Phi) is 6.88. The third-order valence-electron chi connectivity index (χ3n) is 3.23. The SMILES string of the molecule is F[B-](F)(F)F.F[B-](F)(F)F.OC[N+]12CC[N+](F)(CC1)CC2. The molecule has 3 aliphatic rings. The van der Waals surface area contributed by atoms with Crippen LogP contribution in [0.2, 0.25) is 0 Å². The van der Waals surface area contributed by atoms with Crippen LogP contribution in [0.3, 0.4) is 0 Å². The molecule has 2 bridgehead atoms. The average molecular weight is 336 g/mol. The van der Waals surface area contributed by atoms with Crippen LogP contribution in [-0.4, -0.2) is 74.8 Å². The summed E-state index contributed by atoms with van der Waals surface area (Å²) in [6, 6.07) is 0. The lowest BCUT2D eigenvalue weighted by Gasteiger charge is -2.48. The van der Waals surface area contributed by atoms with Crippen molar-refractivity contribution in [1.82, 2.24) is 0 Å². The van der Waals surface area contributed by atoms with Crippen molar-refractivity contribution in [2.75, 3.05) is 46.0 Å². The zero-order valence-electron chi connectivity index (χ0n) is 10.8. The van der Waals surface area contributed by atoms with Crippen LogP contribution >= 0.6 is 0 Å². The topological polar surface area (TPSA) is 20.2 Å². The number of fused-ring (bicyclic) bond motifs is 3. The summed E-state index contributed by atoms with van der Waals surface area (Å²) in [5, 5.41) is 9.09. The van der Waals surface area contributed by atoms with Gasteiger partial charge in [-0.25, -0.2) is 0 Å². The zero-order valence-corrected chi connectivity index (χ0v) is 10.8. The standard InChI is InChI=1S/C7H15FN2O.2BF4/c8-10-4-1-9(7-11,2-5-10)3-6-10;2*2-1(3,4)5/h11H,1-7H2;;/q+2;2*-1. The first-order valence-electron chi connectivity index (χ1n) is 5.94. The van der Waals surface area contributed by atoms with E-state index in [0.29, 0.717) is 19.6 Å². The molecule has 21 heavy (non-hydrogen) atoms. The van der Waals surface area contributed by atoms with Crippen molar-refractivity contribution in [3.63, 3.8) is 0 Å². The summed E-state index contributed by atoms with van der Waals surface area (Å²) < 4.78 is 92.0. The molecule has 3 rings (SSSR count). The van der Waals surface area contributed by atoms with Gasteiger partial charge in [0.25, 0.3) is 0 Å². The van der Waals surface area contributed by atoms with Crippen molar-refractivity contribution < 1.29 is 53.3 Å². The fourth-order valence-electron chi connectivity index (χ4n) is 2.06. The molecule has 0 radical (unpaired) electrons. The van der Waals surface area contributed by atoms with E-state index >= 15 is 0 Å². The van der Waals surface area contributed by atoms with Gasteiger partial charge in [-0.1, -0.05) is 0 Å². The molecule has 3 aliphatic heterocycles. The molecule has 3 heterocycles. The summed E-state index contributed by atoms with van der Waals surface area (Å²) in [5.74, 6) is 0. The molecule has 14 heteroatoms. The largest absolute Gasteiger partial charge is 0.673 e. The second-order valence-corrected chi connectivity index (χ2v) is 4.84. The van der Waals surface area contributed by atoms with Gasteiger partial charge in [-0.15, -0.1) is 4.71 Å². The Morgan fingerprint density at radius 3 is 1.10 bits per heavy atom. The minimum atomic E-state index is -6.00. The monoisotopic (exact) mass is 336 g/mol. The highest BCUT2D eigenvalue weighted by molar-refractivity contribution is 6.50. The van der Waals surface area contributed by atoms with Crippen molar-refractivity contribution in [3.8, 4) is 0 Å². The van der Waals surface area contributed by atoms with Crippen molar-refractivity contribution in [2.45, 2.75) is 0 Å². The Labute approximate surface area is 115 Å². The van der Waals surface area contributed by atoms with Crippen LogP contribution in [0, 0.1) is 0 Å². The number of hydrogen-bond acceptors (Lipinski definition) is 1. The molecular formula is C7H15B2F9N2O. The van der Waals surface area contributed by atoms with Crippen molar-refractivity contribution >= 4 is 14.5 Å². The van der Waals surface area contributed by atoms with Crippen molar-refractivity contribution in [1.29, 1.82) is 0 Å². The first kappa shape index (κ1) is 20.4. The van der Waals surface area contributed by atoms with E-state index in [4.69, 9.17) is 5.11 Å². The molecule has 3 nitrogen and oxygen atoms in total. The van der Waals surface area contributed by atoms with Crippen LogP contribution in [0.5, 0.6) is 0 Å². The van der Waals surface area contributed by atoms with Gasteiger partial charge in [-0.2, -0.15) is 0 Å². The lowest BCUT2D eigenvalue weighted by atomic mass is 10.2. The van der Waals surface area contributed by atoms with Gasteiger partial charge in [0.1, 0.15) is 19.6 Å². The molecule has 0 aromatic rings. The maximum atomic E-state index is 13.5. The van der Waals surface area contributed by atoms with E-state index in [1.807, 2.05) is 0 Å². The molecule has 3 saturated heterocycles. The quantitative estimate of drug-likeness (QED) is 0.337. The van der Waals surface area contributed by atoms with Gasteiger partial charge in [0.05, 0.1) is 0 Å². The van der Waals surface area contributed by atoms with E-state index in [0.717, 1.165) is 24.1 Å². The van der Waals surface area contributed by atoms with E-state index in [-0.39, 0.29) is 11.4 Å². The summed E-state index contributed by atoms with van der Waals surface area (Å²) in [6.45, 7) is 4.43. The van der Waals surface area contributed by atoms with Crippen LogP contribution in [0.4, 0.5) is 39.0 Å². The summed E-state index contributed by atoms with van der Waals surface area (Å²) in [4.78, 5) is 0. The van der Waals surface area contributed by atoms with Crippen LogP contribution in [0.25, 0.3) is 0 Å². The van der Waals surface area contributed by atoms with Crippen molar-refractivity contribution in [2.24, 2.45) is 0 Å². The maximum Gasteiger partial charge on any atom is 0.673 e. The summed E-state index contributed by atoms with van der Waals surface area (Å²) in [7, 11) is -12.0.